The molecule has 2 saturated carbocycles. The molecule has 1 aromatic heterocycles. The number of hydrogen-bond acceptors (Lipinski definition) is 6. The second-order valence-corrected chi connectivity index (χ2v) is 8.19. The van der Waals surface area contributed by atoms with Crippen molar-refractivity contribution >= 4 is 0 Å². The monoisotopic (exact) mass is 334 g/mol. The summed E-state index contributed by atoms with van der Waals surface area (Å²) in [6.45, 7) is 3.67. The first-order valence-electron chi connectivity index (χ1n) is 9.59. The van der Waals surface area contributed by atoms with Gasteiger partial charge in [0.05, 0.1) is 12.1 Å². The maximum absolute atomic E-state index is 10.8. The molecule has 6 nitrogen and oxygen atoms in total. The molecule has 3 fully saturated rings. The third-order valence-corrected chi connectivity index (χ3v) is 5.97. The molecule has 24 heavy (non-hydrogen) atoms. The Morgan fingerprint density at radius 1 is 1.21 bits per heavy atom. The first-order valence-corrected chi connectivity index (χ1v) is 9.59. The fourth-order valence-electron chi connectivity index (χ4n) is 4.27. The van der Waals surface area contributed by atoms with E-state index in [2.05, 4.69) is 27.0 Å². The van der Waals surface area contributed by atoms with Gasteiger partial charge in [-0.25, -0.2) is 0 Å². The molecule has 0 bridgehead atoms. The highest BCUT2D eigenvalue weighted by molar-refractivity contribution is 5.00. The highest BCUT2D eigenvalue weighted by atomic mass is 16.4. The van der Waals surface area contributed by atoms with Crippen molar-refractivity contribution in [3.63, 3.8) is 0 Å². The molecule has 0 radical (unpaired) electrons. The van der Waals surface area contributed by atoms with Crippen LogP contribution in [0.2, 0.25) is 0 Å². The SMILES string of the molecule is CN(Cc1nnc(C2CC2)o1)[C@H]1CCN(CC2(O)CCCCC2)C1. The molecule has 2 aliphatic carbocycles. The van der Waals surface area contributed by atoms with Gasteiger partial charge in [-0.15, -0.1) is 10.2 Å². The van der Waals surface area contributed by atoms with Gasteiger partial charge in [-0.3, -0.25) is 9.80 Å². The molecule has 6 heteroatoms. The molecule has 1 aromatic rings. The second-order valence-electron chi connectivity index (χ2n) is 8.19. The van der Waals surface area contributed by atoms with Crippen LogP contribution in [0.4, 0.5) is 0 Å². The highest BCUT2D eigenvalue weighted by Gasteiger charge is 2.35. The average molecular weight is 334 g/mol. The maximum Gasteiger partial charge on any atom is 0.230 e. The van der Waals surface area contributed by atoms with Gasteiger partial charge in [-0.1, -0.05) is 19.3 Å². The summed E-state index contributed by atoms with van der Waals surface area (Å²) < 4.78 is 5.78. The molecule has 0 spiro atoms. The molecule has 1 N–H and O–H groups in total. The number of likely N-dealkylation sites (tertiary alicyclic amines) is 1. The van der Waals surface area contributed by atoms with E-state index < -0.39 is 5.60 Å². The summed E-state index contributed by atoms with van der Waals surface area (Å²) in [7, 11) is 2.14. The van der Waals surface area contributed by atoms with Crippen LogP contribution in [-0.4, -0.2) is 63.4 Å². The van der Waals surface area contributed by atoms with Crippen molar-refractivity contribution in [2.75, 3.05) is 26.7 Å². The van der Waals surface area contributed by atoms with Gasteiger partial charge in [-0.2, -0.15) is 0 Å². The minimum atomic E-state index is -0.447. The van der Waals surface area contributed by atoms with E-state index in [0.29, 0.717) is 12.0 Å². The number of rotatable bonds is 6. The number of β-amino-alcohol motifs (C(OH)–C–C–N with tert-alkyl or cyclic N) is 1. The van der Waals surface area contributed by atoms with Gasteiger partial charge in [0, 0.05) is 25.0 Å². The van der Waals surface area contributed by atoms with Gasteiger partial charge in [0.15, 0.2) is 0 Å². The lowest BCUT2D eigenvalue weighted by Gasteiger charge is -2.35. The molecule has 0 unspecified atom stereocenters. The summed E-state index contributed by atoms with van der Waals surface area (Å²) in [4.78, 5) is 4.77. The molecule has 3 aliphatic rings. The smallest absolute Gasteiger partial charge is 0.230 e. The fraction of sp³-hybridized carbons (Fsp3) is 0.889. The van der Waals surface area contributed by atoms with E-state index in [-0.39, 0.29) is 0 Å². The van der Waals surface area contributed by atoms with Gasteiger partial charge in [0.25, 0.3) is 0 Å². The van der Waals surface area contributed by atoms with Crippen LogP contribution in [0.15, 0.2) is 4.42 Å². The molecular weight excluding hydrogens is 304 g/mol. The number of nitrogens with zero attached hydrogens (tertiary/aromatic N) is 4. The molecule has 1 atom stereocenters. The van der Waals surface area contributed by atoms with Crippen molar-refractivity contribution in [1.82, 2.24) is 20.0 Å². The van der Waals surface area contributed by atoms with Crippen LogP contribution >= 0.6 is 0 Å². The Balaban J connectivity index is 1.27. The quantitative estimate of drug-likeness (QED) is 0.860. The summed E-state index contributed by atoms with van der Waals surface area (Å²) in [6.07, 6.45) is 9.10. The van der Waals surface area contributed by atoms with E-state index >= 15 is 0 Å². The topological polar surface area (TPSA) is 65.6 Å². The third kappa shape index (κ3) is 3.81. The molecule has 134 valence electrons. The van der Waals surface area contributed by atoms with Crippen molar-refractivity contribution in [2.24, 2.45) is 0 Å². The minimum absolute atomic E-state index is 0.447. The largest absolute Gasteiger partial charge is 0.424 e. The van der Waals surface area contributed by atoms with Crippen molar-refractivity contribution in [3.8, 4) is 0 Å². The fourth-order valence-corrected chi connectivity index (χ4v) is 4.27. The standard InChI is InChI=1S/C18H30N4O2/c1-21(12-16-19-20-17(24-16)14-5-6-14)15-7-10-22(11-15)13-18(23)8-3-2-4-9-18/h14-15,23H,2-13H2,1H3/t15-/m0/s1. The van der Waals surface area contributed by atoms with Crippen LogP contribution in [0, 0.1) is 0 Å². The van der Waals surface area contributed by atoms with E-state index in [1.807, 2.05) is 0 Å². The van der Waals surface area contributed by atoms with Crippen LogP contribution in [0.5, 0.6) is 0 Å². The second kappa shape index (κ2) is 6.73. The molecule has 0 aromatic carbocycles. The van der Waals surface area contributed by atoms with Crippen LogP contribution in [0.1, 0.15) is 69.1 Å². The van der Waals surface area contributed by atoms with Crippen LogP contribution in [0.3, 0.4) is 0 Å². The molecule has 4 rings (SSSR count). The molecule has 1 aliphatic heterocycles. The van der Waals surface area contributed by atoms with E-state index in [1.165, 1.54) is 32.1 Å². The molecule has 0 amide bonds. The lowest BCUT2D eigenvalue weighted by atomic mass is 9.84. The number of hydrogen-bond donors (Lipinski definition) is 1. The summed E-state index contributed by atoms with van der Waals surface area (Å²) in [5, 5.41) is 19.1. The van der Waals surface area contributed by atoms with Crippen LogP contribution in [-0.2, 0) is 6.54 Å². The average Bonchev–Trinajstić information content (AvgIpc) is 3.13. The Kier molecular flexibility index (Phi) is 4.62. The van der Waals surface area contributed by atoms with Gasteiger partial charge < -0.3 is 9.52 Å². The van der Waals surface area contributed by atoms with Gasteiger partial charge in [0.1, 0.15) is 0 Å². The summed E-state index contributed by atoms with van der Waals surface area (Å²) in [5.74, 6) is 2.09. The summed E-state index contributed by atoms with van der Waals surface area (Å²) in [6, 6.07) is 0.508. The van der Waals surface area contributed by atoms with Crippen LogP contribution < -0.4 is 0 Å². The number of aromatic nitrogens is 2. The Labute approximate surface area is 144 Å². The van der Waals surface area contributed by atoms with Crippen molar-refractivity contribution in [1.29, 1.82) is 0 Å². The first kappa shape index (κ1) is 16.5. The van der Waals surface area contributed by atoms with Gasteiger partial charge >= 0.3 is 0 Å². The van der Waals surface area contributed by atoms with Gasteiger partial charge in [-0.05, 0) is 45.7 Å². The minimum Gasteiger partial charge on any atom is -0.424 e. The molecule has 1 saturated heterocycles. The number of likely N-dealkylation sites (N-methyl/N-ethyl adjacent to an activating group) is 1. The first-order chi connectivity index (χ1) is 11.6. The van der Waals surface area contributed by atoms with Crippen molar-refractivity contribution in [3.05, 3.63) is 11.8 Å². The van der Waals surface area contributed by atoms with Crippen molar-refractivity contribution in [2.45, 2.75) is 75.5 Å². The predicted molar refractivity (Wildman–Crippen MR) is 90.6 cm³/mol. The van der Waals surface area contributed by atoms with E-state index in [0.717, 1.165) is 57.2 Å². The number of aliphatic hydroxyl groups is 1. The Morgan fingerprint density at radius 2 is 2.00 bits per heavy atom. The summed E-state index contributed by atoms with van der Waals surface area (Å²) >= 11 is 0. The Hall–Kier alpha value is -0.980. The predicted octanol–water partition coefficient (Wildman–Crippen LogP) is 2.15. The Morgan fingerprint density at radius 3 is 2.75 bits per heavy atom. The van der Waals surface area contributed by atoms with Gasteiger partial charge in [0.2, 0.25) is 11.8 Å². The molecule has 2 heterocycles. The zero-order valence-corrected chi connectivity index (χ0v) is 14.8. The third-order valence-electron chi connectivity index (χ3n) is 5.97. The lowest BCUT2D eigenvalue weighted by Crippen LogP contribution is -2.44. The van der Waals surface area contributed by atoms with E-state index in [4.69, 9.17) is 4.42 Å². The van der Waals surface area contributed by atoms with Crippen molar-refractivity contribution < 1.29 is 9.52 Å². The lowest BCUT2D eigenvalue weighted by molar-refractivity contribution is -0.0226. The van der Waals surface area contributed by atoms with Crippen LogP contribution in [0.25, 0.3) is 0 Å². The molecular formula is C18H30N4O2. The Bertz CT molecular complexity index is 551. The summed E-state index contributed by atoms with van der Waals surface area (Å²) in [5.41, 5.74) is -0.447. The van der Waals surface area contributed by atoms with E-state index in [1.54, 1.807) is 0 Å². The zero-order valence-electron chi connectivity index (χ0n) is 14.8. The normalized spacial score (nSPS) is 27.9. The highest BCUT2D eigenvalue weighted by Crippen LogP contribution is 2.39. The maximum atomic E-state index is 10.8. The zero-order chi connectivity index (χ0) is 16.6. The van der Waals surface area contributed by atoms with E-state index in [9.17, 15) is 5.11 Å².